The van der Waals surface area contributed by atoms with Crippen molar-refractivity contribution in [1.82, 2.24) is 10.3 Å². The average molecular weight is 196 g/mol. The number of pyridine rings is 1. The normalized spacial score (nSPS) is 15.3. The lowest BCUT2D eigenvalue weighted by Gasteiger charge is -2.18. The van der Waals surface area contributed by atoms with Crippen LogP contribution >= 0.6 is 11.8 Å². The van der Waals surface area contributed by atoms with Crippen LogP contribution in [-0.2, 0) is 0 Å². The van der Waals surface area contributed by atoms with E-state index in [2.05, 4.69) is 24.1 Å². The number of nitrogens with zero attached hydrogens (tertiary/aromatic N) is 1. The second-order valence-corrected chi connectivity index (χ2v) is 4.53. The first kappa shape index (κ1) is 10.5. The van der Waals surface area contributed by atoms with Crippen LogP contribution in [0.1, 0.15) is 13.8 Å². The quantitative estimate of drug-likeness (QED) is 0.747. The van der Waals surface area contributed by atoms with E-state index in [4.69, 9.17) is 0 Å². The first-order valence-corrected chi connectivity index (χ1v) is 5.36. The van der Waals surface area contributed by atoms with E-state index in [1.807, 2.05) is 43.3 Å². The van der Waals surface area contributed by atoms with Crippen molar-refractivity contribution in [2.75, 3.05) is 7.05 Å². The van der Waals surface area contributed by atoms with Crippen LogP contribution in [0.2, 0.25) is 0 Å². The first-order chi connectivity index (χ1) is 6.24. The zero-order valence-corrected chi connectivity index (χ0v) is 9.14. The van der Waals surface area contributed by atoms with E-state index in [0.717, 1.165) is 0 Å². The number of hydrogen-bond acceptors (Lipinski definition) is 3. The maximum absolute atomic E-state index is 3.99. The van der Waals surface area contributed by atoms with E-state index in [1.165, 1.54) is 4.90 Å². The highest BCUT2D eigenvalue weighted by Crippen LogP contribution is 2.23. The number of thioether (sulfide) groups is 1. The van der Waals surface area contributed by atoms with Crippen molar-refractivity contribution in [3.8, 4) is 0 Å². The van der Waals surface area contributed by atoms with E-state index >= 15 is 0 Å². The lowest BCUT2D eigenvalue weighted by molar-refractivity contribution is 0.605. The molecule has 2 nitrogen and oxygen atoms in total. The molecule has 72 valence electrons. The van der Waals surface area contributed by atoms with Crippen molar-refractivity contribution in [3.63, 3.8) is 0 Å². The molecule has 0 saturated carbocycles. The van der Waals surface area contributed by atoms with E-state index in [9.17, 15) is 0 Å². The van der Waals surface area contributed by atoms with E-state index in [0.29, 0.717) is 11.3 Å². The van der Waals surface area contributed by atoms with Gasteiger partial charge in [0, 0.05) is 28.6 Å². The SMILES string of the molecule is CNC(C)C(C)Sc1ccncc1. The summed E-state index contributed by atoms with van der Waals surface area (Å²) in [6, 6.07) is 4.62. The number of aromatic nitrogens is 1. The fourth-order valence-corrected chi connectivity index (χ4v) is 2.02. The average Bonchev–Trinajstić information content (AvgIpc) is 2.18. The molecule has 1 N–H and O–H groups in total. The molecule has 1 heterocycles. The highest BCUT2D eigenvalue weighted by atomic mass is 32.2. The maximum Gasteiger partial charge on any atom is 0.0278 e. The second kappa shape index (κ2) is 5.25. The summed E-state index contributed by atoms with van der Waals surface area (Å²) in [7, 11) is 1.99. The molecule has 0 bridgehead atoms. The minimum Gasteiger partial charge on any atom is -0.316 e. The van der Waals surface area contributed by atoms with Gasteiger partial charge in [0.05, 0.1) is 0 Å². The van der Waals surface area contributed by atoms with E-state index < -0.39 is 0 Å². The Hall–Kier alpha value is -0.540. The van der Waals surface area contributed by atoms with Gasteiger partial charge in [0.15, 0.2) is 0 Å². The van der Waals surface area contributed by atoms with Crippen LogP contribution in [0.25, 0.3) is 0 Å². The van der Waals surface area contributed by atoms with Crippen LogP contribution < -0.4 is 5.32 Å². The van der Waals surface area contributed by atoms with E-state index in [-0.39, 0.29) is 0 Å². The van der Waals surface area contributed by atoms with Crippen molar-refractivity contribution in [1.29, 1.82) is 0 Å². The Morgan fingerprint density at radius 3 is 2.46 bits per heavy atom. The zero-order valence-electron chi connectivity index (χ0n) is 8.32. The van der Waals surface area contributed by atoms with Gasteiger partial charge < -0.3 is 5.32 Å². The van der Waals surface area contributed by atoms with Crippen molar-refractivity contribution < 1.29 is 0 Å². The molecule has 0 aromatic carbocycles. The van der Waals surface area contributed by atoms with Crippen molar-refractivity contribution in [2.45, 2.75) is 30.0 Å². The van der Waals surface area contributed by atoms with Crippen LogP contribution in [-0.4, -0.2) is 23.3 Å². The molecule has 0 saturated heterocycles. The molecule has 2 unspecified atom stereocenters. The smallest absolute Gasteiger partial charge is 0.0278 e. The molecular formula is C10H16N2S. The first-order valence-electron chi connectivity index (χ1n) is 4.48. The highest BCUT2D eigenvalue weighted by molar-refractivity contribution is 8.00. The predicted octanol–water partition coefficient (Wildman–Crippen LogP) is 2.17. The molecule has 2 atom stereocenters. The number of nitrogens with one attached hydrogen (secondary N) is 1. The van der Waals surface area contributed by atoms with Gasteiger partial charge in [-0.25, -0.2) is 0 Å². The lowest BCUT2D eigenvalue weighted by atomic mass is 10.3. The summed E-state index contributed by atoms with van der Waals surface area (Å²) in [5, 5.41) is 3.82. The van der Waals surface area contributed by atoms with Gasteiger partial charge in [0.25, 0.3) is 0 Å². The number of hydrogen-bond donors (Lipinski definition) is 1. The molecule has 0 fully saturated rings. The van der Waals surface area contributed by atoms with Crippen LogP contribution in [0, 0.1) is 0 Å². The highest BCUT2D eigenvalue weighted by Gasteiger charge is 2.10. The third-order valence-electron chi connectivity index (χ3n) is 2.13. The van der Waals surface area contributed by atoms with Gasteiger partial charge in [-0.3, -0.25) is 4.98 Å². The molecule has 0 aliphatic rings. The molecular weight excluding hydrogens is 180 g/mol. The Morgan fingerprint density at radius 2 is 1.92 bits per heavy atom. The molecule has 1 aromatic rings. The monoisotopic (exact) mass is 196 g/mol. The summed E-state index contributed by atoms with van der Waals surface area (Å²) in [5.41, 5.74) is 0. The minimum atomic E-state index is 0.526. The molecule has 13 heavy (non-hydrogen) atoms. The van der Waals surface area contributed by atoms with Gasteiger partial charge in [0.2, 0.25) is 0 Å². The second-order valence-electron chi connectivity index (χ2n) is 3.08. The van der Waals surface area contributed by atoms with Gasteiger partial charge in [-0.15, -0.1) is 11.8 Å². The Balaban J connectivity index is 2.50. The van der Waals surface area contributed by atoms with Crippen LogP contribution in [0.5, 0.6) is 0 Å². The molecule has 0 aliphatic heterocycles. The van der Waals surface area contributed by atoms with Gasteiger partial charge in [0.1, 0.15) is 0 Å². The summed E-state index contributed by atoms with van der Waals surface area (Å²) in [5.74, 6) is 0. The zero-order chi connectivity index (χ0) is 9.68. The largest absolute Gasteiger partial charge is 0.316 e. The van der Waals surface area contributed by atoms with Crippen molar-refractivity contribution in [2.24, 2.45) is 0 Å². The molecule has 0 aliphatic carbocycles. The van der Waals surface area contributed by atoms with E-state index in [1.54, 1.807) is 0 Å². The Bertz CT molecular complexity index is 238. The summed E-state index contributed by atoms with van der Waals surface area (Å²) < 4.78 is 0. The molecule has 0 amide bonds. The van der Waals surface area contributed by atoms with Gasteiger partial charge in [-0.05, 0) is 26.1 Å². The molecule has 0 spiro atoms. The van der Waals surface area contributed by atoms with Gasteiger partial charge in [-0.1, -0.05) is 6.92 Å². The maximum atomic E-state index is 3.99. The summed E-state index contributed by atoms with van der Waals surface area (Å²) in [4.78, 5) is 5.27. The van der Waals surface area contributed by atoms with Gasteiger partial charge in [-0.2, -0.15) is 0 Å². The minimum absolute atomic E-state index is 0.526. The molecule has 1 aromatic heterocycles. The summed E-state index contributed by atoms with van der Waals surface area (Å²) >= 11 is 1.87. The fourth-order valence-electron chi connectivity index (χ4n) is 0.968. The van der Waals surface area contributed by atoms with Crippen LogP contribution in [0.3, 0.4) is 0 Å². The van der Waals surface area contributed by atoms with Gasteiger partial charge >= 0.3 is 0 Å². The van der Waals surface area contributed by atoms with Crippen molar-refractivity contribution >= 4 is 11.8 Å². The summed E-state index contributed by atoms with van der Waals surface area (Å²) in [6.45, 7) is 4.42. The standard InChI is InChI=1S/C10H16N2S/c1-8(11-3)9(2)13-10-4-6-12-7-5-10/h4-9,11H,1-3H3. The molecule has 0 radical (unpaired) electrons. The molecule has 3 heteroatoms. The predicted molar refractivity (Wildman–Crippen MR) is 58.1 cm³/mol. The Labute approximate surface area is 84.1 Å². The van der Waals surface area contributed by atoms with Crippen molar-refractivity contribution in [3.05, 3.63) is 24.5 Å². The fraction of sp³-hybridized carbons (Fsp3) is 0.500. The Kier molecular flexibility index (Phi) is 4.25. The van der Waals surface area contributed by atoms with Crippen LogP contribution in [0.15, 0.2) is 29.4 Å². The lowest BCUT2D eigenvalue weighted by Crippen LogP contribution is -2.30. The van der Waals surface area contributed by atoms with Crippen LogP contribution in [0.4, 0.5) is 0 Å². The third kappa shape index (κ3) is 3.36. The molecule has 1 rings (SSSR count). The Morgan fingerprint density at radius 1 is 1.31 bits per heavy atom. The topological polar surface area (TPSA) is 24.9 Å². The third-order valence-corrected chi connectivity index (χ3v) is 3.46. The number of rotatable bonds is 4. The summed E-state index contributed by atoms with van der Waals surface area (Å²) in [6.07, 6.45) is 3.66.